The number of aromatic nitrogens is 1. The molecule has 0 radical (unpaired) electrons. The molecule has 0 aliphatic carbocycles. The minimum absolute atomic E-state index is 0.252. The molecule has 1 amide bonds. The molecule has 2 rings (SSSR count). The number of carbonyl (C=O) groups is 2. The van der Waals surface area contributed by atoms with Crippen molar-refractivity contribution in [3.63, 3.8) is 0 Å². The van der Waals surface area contributed by atoms with Gasteiger partial charge in [-0.3, -0.25) is 14.7 Å². The number of hydrogen-bond acceptors (Lipinski definition) is 5. The van der Waals surface area contributed by atoms with Crippen molar-refractivity contribution < 1.29 is 14.7 Å². The SMILES string of the molecule is C[C@@H](C(=O)O)N1C(=O)/C(=C/c2ccccn2)SC1=S. The predicted octanol–water partition coefficient (Wildman–Crippen LogP) is 1.76. The standard InChI is InChI=1S/C12H10N2O3S2/c1-7(11(16)17)14-10(15)9(19-12(14)18)6-8-4-2-3-5-13-8/h2-7H,1H3,(H,16,17)/b9-6-/t7-/m0/s1. The number of hydrogen-bond donors (Lipinski definition) is 1. The van der Waals surface area contributed by atoms with Crippen molar-refractivity contribution in [3.05, 3.63) is 35.0 Å². The Morgan fingerprint density at radius 2 is 2.32 bits per heavy atom. The first kappa shape index (κ1) is 13.7. The molecule has 98 valence electrons. The van der Waals surface area contributed by atoms with Gasteiger partial charge in [-0.25, -0.2) is 4.79 Å². The van der Waals surface area contributed by atoms with E-state index in [4.69, 9.17) is 17.3 Å². The van der Waals surface area contributed by atoms with Gasteiger partial charge in [0.15, 0.2) is 0 Å². The summed E-state index contributed by atoms with van der Waals surface area (Å²) in [7, 11) is 0. The third-order valence-electron chi connectivity index (χ3n) is 2.53. The fraction of sp³-hybridized carbons (Fsp3) is 0.167. The van der Waals surface area contributed by atoms with Crippen molar-refractivity contribution in [3.8, 4) is 0 Å². The molecule has 1 aromatic heterocycles. The molecule has 1 atom stereocenters. The number of carbonyl (C=O) groups excluding carboxylic acids is 1. The zero-order valence-electron chi connectivity index (χ0n) is 9.94. The number of rotatable bonds is 3. The number of nitrogens with zero attached hydrogens (tertiary/aromatic N) is 2. The van der Waals surface area contributed by atoms with E-state index >= 15 is 0 Å². The van der Waals surface area contributed by atoms with Crippen molar-refractivity contribution >= 4 is 46.3 Å². The molecule has 5 nitrogen and oxygen atoms in total. The first-order valence-corrected chi connectivity index (χ1v) is 6.64. The highest BCUT2D eigenvalue weighted by Gasteiger charge is 2.38. The molecular formula is C12H10N2O3S2. The molecule has 2 heterocycles. The normalized spacial score (nSPS) is 19.0. The third kappa shape index (κ3) is 2.82. The van der Waals surface area contributed by atoms with Crippen LogP contribution in [0.15, 0.2) is 29.3 Å². The van der Waals surface area contributed by atoms with Crippen LogP contribution >= 0.6 is 24.0 Å². The van der Waals surface area contributed by atoms with Gasteiger partial charge in [0.1, 0.15) is 10.4 Å². The fourth-order valence-corrected chi connectivity index (χ4v) is 2.92. The Morgan fingerprint density at radius 3 is 2.89 bits per heavy atom. The van der Waals surface area contributed by atoms with Gasteiger partial charge in [0.05, 0.1) is 10.6 Å². The Bertz CT molecular complexity index is 572. The molecule has 0 spiro atoms. The smallest absolute Gasteiger partial charge is 0.326 e. The minimum atomic E-state index is -1.09. The van der Waals surface area contributed by atoms with Gasteiger partial charge in [-0.1, -0.05) is 30.0 Å². The molecule has 0 unspecified atom stereocenters. The number of carboxylic acid groups (broad SMARTS) is 1. The Hall–Kier alpha value is -1.73. The van der Waals surface area contributed by atoms with E-state index in [1.54, 1.807) is 30.5 Å². The Morgan fingerprint density at radius 1 is 1.58 bits per heavy atom. The van der Waals surface area contributed by atoms with E-state index in [1.807, 2.05) is 0 Å². The molecule has 1 aliphatic rings. The van der Waals surface area contributed by atoms with Crippen molar-refractivity contribution in [2.24, 2.45) is 0 Å². The van der Waals surface area contributed by atoms with E-state index in [2.05, 4.69) is 4.98 Å². The second-order valence-corrected chi connectivity index (χ2v) is 5.50. The summed E-state index contributed by atoms with van der Waals surface area (Å²) in [5.41, 5.74) is 0.631. The molecule has 1 aliphatic heterocycles. The summed E-state index contributed by atoms with van der Waals surface area (Å²) in [6.45, 7) is 1.43. The van der Waals surface area contributed by atoms with Crippen LogP contribution in [0.4, 0.5) is 0 Å². The van der Waals surface area contributed by atoms with E-state index in [1.165, 1.54) is 6.92 Å². The lowest BCUT2D eigenvalue weighted by atomic mass is 10.2. The van der Waals surface area contributed by atoms with Gasteiger partial charge < -0.3 is 5.11 Å². The second-order valence-electron chi connectivity index (χ2n) is 3.82. The summed E-state index contributed by atoms with van der Waals surface area (Å²) in [5, 5.41) is 8.96. The zero-order chi connectivity index (χ0) is 14.0. The molecular weight excluding hydrogens is 284 g/mol. The number of carboxylic acids is 1. The van der Waals surface area contributed by atoms with Crippen LogP contribution in [0.1, 0.15) is 12.6 Å². The van der Waals surface area contributed by atoms with E-state index in [9.17, 15) is 9.59 Å². The average molecular weight is 294 g/mol. The Balaban J connectivity index is 2.28. The molecule has 19 heavy (non-hydrogen) atoms. The van der Waals surface area contributed by atoms with Gasteiger partial charge in [0, 0.05) is 6.20 Å². The molecule has 1 fully saturated rings. The maximum atomic E-state index is 12.1. The van der Waals surface area contributed by atoms with Crippen LogP contribution in [0, 0.1) is 0 Å². The van der Waals surface area contributed by atoms with Gasteiger partial charge in [-0.05, 0) is 25.1 Å². The monoisotopic (exact) mass is 294 g/mol. The fourth-order valence-electron chi connectivity index (χ4n) is 1.52. The minimum Gasteiger partial charge on any atom is -0.480 e. The summed E-state index contributed by atoms with van der Waals surface area (Å²) >= 11 is 6.14. The topological polar surface area (TPSA) is 70.5 Å². The van der Waals surface area contributed by atoms with E-state index < -0.39 is 17.9 Å². The Kier molecular flexibility index (Phi) is 3.96. The first-order chi connectivity index (χ1) is 9.00. The lowest BCUT2D eigenvalue weighted by molar-refractivity contribution is -0.144. The van der Waals surface area contributed by atoms with Crippen molar-refractivity contribution in [2.45, 2.75) is 13.0 Å². The Labute approximate surface area is 119 Å². The average Bonchev–Trinajstić information content (AvgIpc) is 2.65. The van der Waals surface area contributed by atoms with Crippen LogP contribution in [0.5, 0.6) is 0 Å². The highest BCUT2D eigenvalue weighted by Crippen LogP contribution is 2.33. The van der Waals surface area contributed by atoms with E-state index in [0.29, 0.717) is 10.6 Å². The number of aliphatic carboxylic acids is 1. The van der Waals surface area contributed by atoms with Crippen LogP contribution in [0.3, 0.4) is 0 Å². The van der Waals surface area contributed by atoms with Crippen LogP contribution < -0.4 is 0 Å². The molecule has 7 heteroatoms. The highest BCUT2D eigenvalue weighted by molar-refractivity contribution is 8.26. The van der Waals surface area contributed by atoms with Crippen LogP contribution in [0.2, 0.25) is 0 Å². The summed E-state index contributed by atoms with van der Waals surface area (Å²) in [6.07, 6.45) is 3.22. The van der Waals surface area contributed by atoms with Crippen LogP contribution in [-0.4, -0.2) is 37.2 Å². The van der Waals surface area contributed by atoms with Gasteiger partial charge >= 0.3 is 5.97 Å². The maximum absolute atomic E-state index is 12.1. The summed E-state index contributed by atoms with van der Waals surface area (Å²) in [4.78, 5) is 28.7. The lowest BCUT2D eigenvalue weighted by Gasteiger charge is -2.18. The predicted molar refractivity (Wildman–Crippen MR) is 76.3 cm³/mol. The van der Waals surface area contributed by atoms with Gasteiger partial charge in [0.2, 0.25) is 0 Å². The van der Waals surface area contributed by atoms with Crippen LogP contribution in [-0.2, 0) is 9.59 Å². The summed E-state index contributed by atoms with van der Waals surface area (Å²) < 4.78 is 0.252. The van der Waals surface area contributed by atoms with Crippen molar-refractivity contribution in [1.82, 2.24) is 9.88 Å². The summed E-state index contributed by atoms with van der Waals surface area (Å²) in [6, 6.07) is 4.36. The third-order valence-corrected chi connectivity index (χ3v) is 3.87. The molecule has 1 aromatic rings. The number of amides is 1. The van der Waals surface area contributed by atoms with Crippen molar-refractivity contribution in [1.29, 1.82) is 0 Å². The molecule has 0 aromatic carbocycles. The van der Waals surface area contributed by atoms with Gasteiger partial charge in [-0.15, -0.1) is 0 Å². The van der Waals surface area contributed by atoms with Crippen molar-refractivity contribution in [2.75, 3.05) is 0 Å². The van der Waals surface area contributed by atoms with Gasteiger partial charge in [-0.2, -0.15) is 0 Å². The molecule has 1 N–H and O–H groups in total. The largest absolute Gasteiger partial charge is 0.480 e. The number of pyridine rings is 1. The highest BCUT2D eigenvalue weighted by atomic mass is 32.2. The van der Waals surface area contributed by atoms with E-state index in [0.717, 1.165) is 16.7 Å². The summed E-state index contributed by atoms with van der Waals surface area (Å²) in [5.74, 6) is -1.48. The van der Waals surface area contributed by atoms with Crippen LogP contribution in [0.25, 0.3) is 6.08 Å². The second kappa shape index (κ2) is 5.50. The number of thioether (sulfide) groups is 1. The lowest BCUT2D eigenvalue weighted by Crippen LogP contribution is -2.41. The quantitative estimate of drug-likeness (QED) is 0.676. The molecule has 0 bridgehead atoms. The molecule has 0 saturated carbocycles. The van der Waals surface area contributed by atoms with E-state index in [-0.39, 0.29) is 4.32 Å². The number of thiocarbonyl (C=S) groups is 1. The van der Waals surface area contributed by atoms with Gasteiger partial charge in [0.25, 0.3) is 5.91 Å². The molecule has 1 saturated heterocycles. The zero-order valence-corrected chi connectivity index (χ0v) is 11.6. The first-order valence-electron chi connectivity index (χ1n) is 5.41. The maximum Gasteiger partial charge on any atom is 0.326 e.